The van der Waals surface area contributed by atoms with Crippen molar-refractivity contribution in [2.24, 2.45) is 0 Å². The van der Waals surface area contributed by atoms with Crippen LogP contribution in [0.2, 0.25) is 0 Å². The SMILES string of the molecule is Cc1cccc(Oc2cc(NC(=O)c3ccc(COc4ccc(F)cc4)o3)cc([N+](=O)[O-])c2)c1. The van der Waals surface area contributed by atoms with Gasteiger partial charge in [-0.1, -0.05) is 12.1 Å². The molecule has 0 aliphatic carbocycles. The summed E-state index contributed by atoms with van der Waals surface area (Å²) in [5, 5.41) is 13.9. The van der Waals surface area contributed by atoms with Gasteiger partial charge in [0.2, 0.25) is 0 Å². The maximum atomic E-state index is 13.0. The lowest BCUT2D eigenvalue weighted by Crippen LogP contribution is -2.11. The van der Waals surface area contributed by atoms with Crippen molar-refractivity contribution in [1.29, 1.82) is 0 Å². The summed E-state index contributed by atoms with van der Waals surface area (Å²) in [5.41, 5.74) is 0.893. The highest BCUT2D eigenvalue weighted by Crippen LogP contribution is 2.30. The number of nitrogens with zero attached hydrogens (tertiary/aromatic N) is 1. The van der Waals surface area contributed by atoms with Gasteiger partial charge in [-0.2, -0.15) is 0 Å². The van der Waals surface area contributed by atoms with Crippen molar-refractivity contribution < 1.29 is 28.0 Å². The van der Waals surface area contributed by atoms with Gasteiger partial charge in [-0.3, -0.25) is 14.9 Å². The number of rotatable bonds is 8. The van der Waals surface area contributed by atoms with Crippen LogP contribution < -0.4 is 14.8 Å². The molecule has 0 saturated heterocycles. The number of hydrogen-bond acceptors (Lipinski definition) is 6. The highest BCUT2D eigenvalue weighted by molar-refractivity contribution is 6.02. The molecule has 0 aliphatic rings. The standard InChI is InChI=1S/C25H19FN2O6/c1-16-3-2-4-21(11-16)33-23-13-18(12-19(14-23)28(30)31)27-25(29)24-10-9-22(34-24)15-32-20-7-5-17(26)6-8-20/h2-14H,15H2,1H3,(H,27,29). The molecular formula is C25H19FN2O6. The van der Waals surface area contributed by atoms with Crippen LogP contribution in [-0.4, -0.2) is 10.8 Å². The maximum absolute atomic E-state index is 13.0. The molecule has 1 aromatic heterocycles. The minimum Gasteiger partial charge on any atom is -0.486 e. The maximum Gasteiger partial charge on any atom is 0.291 e. The number of nitro benzene ring substituents is 1. The van der Waals surface area contributed by atoms with Crippen LogP contribution in [0, 0.1) is 22.9 Å². The van der Waals surface area contributed by atoms with E-state index in [1.807, 2.05) is 13.0 Å². The van der Waals surface area contributed by atoms with Gasteiger partial charge in [0, 0.05) is 12.1 Å². The third-order valence-corrected chi connectivity index (χ3v) is 4.67. The van der Waals surface area contributed by atoms with Crippen molar-refractivity contribution in [2.45, 2.75) is 13.5 Å². The van der Waals surface area contributed by atoms with E-state index in [0.717, 1.165) is 5.56 Å². The Labute approximate surface area is 193 Å². The van der Waals surface area contributed by atoms with E-state index in [9.17, 15) is 19.3 Å². The molecule has 0 fully saturated rings. The van der Waals surface area contributed by atoms with Gasteiger partial charge in [-0.05, 0) is 61.0 Å². The number of anilines is 1. The number of hydrogen-bond donors (Lipinski definition) is 1. The molecule has 172 valence electrons. The van der Waals surface area contributed by atoms with E-state index in [1.54, 1.807) is 24.3 Å². The predicted octanol–water partition coefficient (Wildman–Crippen LogP) is 6.26. The minimum absolute atomic E-state index is 0.00892. The Balaban J connectivity index is 1.46. The van der Waals surface area contributed by atoms with Crippen LogP contribution in [0.1, 0.15) is 21.9 Å². The first-order chi connectivity index (χ1) is 16.4. The number of ether oxygens (including phenoxy) is 2. The summed E-state index contributed by atoms with van der Waals surface area (Å²) in [5.74, 6) is 0.536. The predicted molar refractivity (Wildman–Crippen MR) is 122 cm³/mol. The van der Waals surface area contributed by atoms with Gasteiger partial charge >= 0.3 is 0 Å². The molecule has 0 atom stereocenters. The Morgan fingerprint density at radius 3 is 2.53 bits per heavy atom. The fourth-order valence-corrected chi connectivity index (χ4v) is 3.09. The molecule has 9 heteroatoms. The van der Waals surface area contributed by atoms with Crippen LogP contribution in [0.3, 0.4) is 0 Å². The van der Waals surface area contributed by atoms with Gasteiger partial charge in [0.25, 0.3) is 11.6 Å². The molecule has 0 radical (unpaired) electrons. The Bertz CT molecular complexity index is 1330. The largest absolute Gasteiger partial charge is 0.486 e. The molecule has 0 aliphatic heterocycles. The molecule has 4 aromatic rings. The number of aryl methyl sites for hydroxylation is 1. The van der Waals surface area contributed by atoms with Crippen LogP contribution in [0.25, 0.3) is 0 Å². The first kappa shape index (κ1) is 22.5. The highest BCUT2D eigenvalue weighted by Gasteiger charge is 2.16. The number of carbonyl (C=O) groups is 1. The lowest BCUT2D eigenvalue weighted by molar-refractivity contribution is -0.384. The molecule has 1 N–H and O–H groups in total. The molecule has 0 bridgehead atoms. The van der Waals surface area contributed by atoms with Gasteiger partial charge in [-0.25, -0.2) is 4.39 Å². The number of benzene rings is 3. The zero-order valence-corrected chi connectivity index (χ0v) is 18.0. The van der Waals surface area contributed by atoms with Crippen molar-refractivity contribution in [3.63, 3.8) is 0 Å². The summed E-state index contributed by atoms with van der Waals surface area (Å²) < 4.78 is 29.7. The van der Waals surface area contributed by atoms with E-state index in [-0.39, 0.29) is 35.3 Å². The molecule has 3 aromatic carbocycles. The summed E-state index contributed by atoms with van der Waals surface area (Å²) in [6.07, 6.45) is 0. The van der Waals surface area contributed by atoms with E-state index in [2.05, 4.69) is 5.32 Å². The second kappa shape index (κ2) is 9.86. The molecule has 8 nitrogen and oxygen atoms in total. The Morgan fingerprint density at radius 1 is 1.00 bits per heavy atom. The van der Waals surface area contributed by atoms with Gasteiger partial charge in [-0.15, -0.1) is 0 Å². The number of carbonyl (C=O) groups excluding carboxylic acids is 1. The number of nitro groups is 1. The third-order valence-electron chi connectivity index (χ3n) is 4.67. The number of amides is 1. The average Bonchev–Trinajstić information content (AvgIpc) is 3.28. The zero-order valence-electron chi connectivity index (χ0n) is 18.0. The van der Waals surface area contributed by atoms with Gasteiger partial charge < -0.3 is 19.2 Å². The summed E-state index contributed by atoms with van der Waals surface area (Å²) >= 11 is 0. The van der Waals surface area contributed by atoms with Gasteiger partial charge in [0.1, 0.15) is 35.4 Å². The topological polar surface area (TPSA) is 104 Å². The number of furan rings is 1. The van der Waals surface area contributed by atoms with E-state index in [1.165, 1.54) is 48.5 Å². The first-order valence-corrected chi connectivity index (χ1v) is 10.2. The van der Waals surface area contributed by atoms with Crippen LogP contribution in [0.5, 0.6) is 17.2 Å². The van der Waals surface area contributed by atoms with Crippen molar-refractivity contribution in [2.75, 3.05) is 5.32 Å². The number of halogens is 1. The monoisotopic (exact) mass is 462 g/mol. The third kappa shape index (κ3) is 5.77. The Hall–Kier alpha value is -4.66. The average molecular weight is 462 g/mol. The molecule has 1 amide bonds. The second-order valence-electron chi connectivity index (χ2n) is 7.35. The molecule has 0 unspecified atom stereocenters. The fraction of sp³-hybridized carbons (Fsp3) is 0.0800. The zero-order chi connectivity index (χ0) is 24.1. The van der Waals surface area contributed by atoms with Crippen LogP contribution in [0.15, 0.2) is 83.3 Å². The second-order valence-corrected chi connectivity index (χ2v) is 7.35. The van der Waals surface area contributed by atoms with Crippen molar-refractivity contribution in [3.8, 4) is 17.2 Å². The highest BCUT2D eigenvalue weighted by atomic mass is 19.1. The minimum atomic E-state index is -0.602. The molecule has 0 saturated carbocycles. The summed E-state index contributed by atoms with van der Waals surface area (Å²) in [6, 6.07) is 19.7. The molecule has 4 rings (SSSR count). The first-order valence-electron chi connectivity index (χ1n) is 10.2. The van der Waals surface area contributed by atoms with Crippen molar-refractivity contribution >= 4 is 17.3 Å². The van der Waals surface area contributed by atoms with E-state index in [0.29, 0.717) is 17.3 Å². The quantitative estimate of drug-likeness (QED) is 0.245. The normalized spacial score (nSPS) is 10.5. The Kier molecular flexibility index (Phi) is 6.54. The van der Waals surface area contributed by atoms with Crippen LogP contribution in [-0.2, 0) is 6.61 Å². The molecular weight excluding hydrogens is 443 g/mol. The van der Waals surface area contributed by atoms with E-state index < -0.39 is 10.8 Å². The van der Waals surface area contributed by atoms with E-state index >= 15 is 0 Å². The van der Waals surface area contributed by atoms with Crippen molar-refractivity contribution in [3.05, 3.63) is 112 Å². The van der Waals surface area contributed by atoms with Gasteiger partial charge in [0.05, 0.1) is 16.7 Å². The molecule has 0 spiro atoms. The number of nitrogens with one attached hydrogen (secondary N) is 1. The smallest absolute Gasteiger partial charge is 0.291 e. The van der Waals surface area contributed by atoms with Crippen LogP contribution >= 0.6 is 0 Å². The summed E-state index contributed by atoms with van der Waals surface area (Å²) in [7, 11) is 0. The summed E-state index contributed by atoms with van der Waals surface area (Å²) in [4.78, 5) is 23.4. The molecule has 1 heterocycles. The summed E-state index contributed by atoms with van der Waals surface area (Å²) in [6.45, 7) is 1.93. The fourth-order valence-electron chi connectivity index (χ4n) is 3.09. The van der Waals surface area contributed by atoms with Crippen molar-refractivity contribution in [1.82, 2.24) is 0 Å². The van der Waals surface area contributed by atoms with Gasteiger partial charge in [0.15, 0.2) is 5.76 Å². The molecule has 34 heavy (non-hydrogen) atoms. The Morgan fingerprint density at radius 2 is 1.79 bits per heavy atom. The van der Waals surface area contributed by atoms with E-state index in [4.69, 9.17) is 13.9 Å². The lowest BCUT2D eigenvalue weighted by Gasteiger charge is -2.09. The number of non-ortho nitro benzene ring substituents is 1. The lowest BCUT2D eigenvalue weighted by atomic mass is 10.2. The van der Waals surface area contributed by atoms with Crippen LogP contribution in [0.4, 0.5) is 15.8 Å².